The maximum atomic E-state index is 4.08. The molecular formula is C12H15P. The monoisotopic (exact) mass is 190 g/mol. The zero-order valence-electron chi connectivity index (χ0n) is 8.25. The van der Waals surface area contributed by atoms with Crippen molar-refractivity contribution in [1.82, 2.24) is 0 Å². The Morgan fingerprint density at radius 2 is 2.00 bits per heavy atom. The largest absolute Gasteiger partial charge is 0.0992 e. The summed E-state index contributed by atoms with van der Waals surface area (Å²) in [7, 11) is 0.0700. The summed E-state index contributed by atoms with van der Waals surface area (Å²) in [6, 6.07) is 10.9. The molecule has 2 atom stereocenters. The topological polar surface area (TPSA) is 0 Å². The van der Waals surface area contributed by atoms with E-state index >= 15 is 0 Å². The summed E-state index contributed by atoms with van der Waals surface area (Å²) < 4.78 is 0. The van der Waals surface area contributed by atoms with Crippen LogP contribution in [0.4, 0.5) is 0 Å². The smallest absolute Gasteiger partial charge is 0.0163 e. The van der Waals surface area contributed by atoms with E-state index in [1.54, 1.807) is 0 Å². The van der Waals surface area contributed by atoms with E-state index in [1.807, 2.05) is 0 Å². The van der Waals surface area contributed by atoms with Crippen LogP contribution in [0, 0.1) is 0 Å². The summed E-state index contributed by atoms with van der Waals surface area (Å²) in [5, 5.41) is 1.97. The number of allylic oxidation sites excluding steroid dienone is 1. The molecule has 0 spiro atoms. The Morgan fingerprint density at radius 3 is 2.46 bits per heavy atom. The minimum Gasteiger partial charge on any atom is -0.0992 e. The summed E-state index contributed by atoms with van der Waals surface area (Å²) in [5.41, 5.74) is 1.35. The van der Waals surface area contributed by atoms with Crippen molar-refractivity contribution in [3.63, 3.8) is 0 Å². The molecule has 1 heteroatoms. The summed E-state index contributed by atoms with van der Waals surface area (Å²) in [6.07, 6.45) is 1.34. The highest BCUT2D eigenvalue weighted by Gasteiger charge is 2.50. The quantitative estimate of drug-likeness (QED) is 0.496. The van der Waals surface area contributed by atoms with Gasteiger partial charge in [-0.2, -0.15) is 0 Å². The van der Waals surface area contributed by atoms with E-state index in [0.29, 0.717) is 5.16 Å². The Hall–Kier alpha value is -0.610. The Bertz CT molecular complexity index is 328. The molecule has 1 aromatic rings. The second-order valence-electron chi connectivity index (χ2n) is 3.98. The van der Waals surface area contributed by atoms with Crippen molar-refractivity contribution >= 4 is 13.2 Å². The number of hydrogen-bond acceptors (Lipinski definition) is 0. The second kappa shape index (κ2) is 2.96. The van der Waals surface area contributed by atoms with E-state index in [9.17, 15) is 0 Å². The number of benzene rings is 1. The Labute approximate surface area is 81.4 Å². The first-order chi connectivity index (χ1) is 6.14. The van der Waals surface area contributed by atoms with Crippen LogP contribution in [0.1, 0.15) is 13.8 Å². The lowest BCUT2D eigenvalue weighted by Gasteiger charge is -2.10. The van der Waals surface area contributed by atoms with E-state index in [1.165, 1.54) is 17.0 Å². The van der Waals surface area contributed by atoms with Gasteiger partial charge in [0.1, 0.15) is 0 Å². The molecule has 1 saturated heterocycles. The fraction of sp³-hybridized carbons (Fsp3) is 0.333. The highest BCUT2D eigenvalue weighted by Crippen LogP contribution is 2.69. The minimum absolute atomic E-state index is 0.0700. The SMILES string of the molecule is C=C(C)C1(C)CP1c1ccccc1. The fourth-order valence-electron chi connectivity index (χ4n) is 1.62. The molecule has 0 N–H and O–H groups in total. The van der Waals surface area contributed by atoms with Gasteiger partial charge in [0.2, 0.25) is 0 Å². The highest BCUT2D eigenvalue weighted by molar-refractivity contribution is 7.75. The number of rotatable bonds is 2. The summed E-state index contributed by atoms with van der Waals surface area (Å²) >= 11 is 0. The lowest BCUT2D eigenvalue weighted by atomic mass is 10.1. The van der Waals surface area contributed by atoms with Crippen LogP contribution >= 0.6 is 7.92 Å². The summed E-state index contributed by atoms with van der Waals surface area (Å²) in [5.74, 6) is 0. The molecule has 0 nitrogen and oxygen atoms in total. The lowest BCUT2D eigenvalue weighted by molar-refractivity contribution is 0.934. The van der Waals surface area contributed by atoms with Crippen LogP contribution in [0.5, 0.6) is 0 Å². The lowest BCUT2D eigenvalue weighted by Crippen LogP contribution is -2.05. The van der Waals surface area contributed by atoms with Crippen molar-refractivity contribution in [1.29, 1.82) is 0 Å². The first kappa shape index (κ1) is 8.97. The van der Waals surface area contributed by atoms with Gasteiger partial charge in [0, 0.05) is 5.16 Å². The van der Waals surface area contributed by atoms with Gasteiger partial charge in [-0.15, -0.1) is 0 Å². The second-order valence-corrected chi connectivity index (χ2v) is 6.65. The van der Waals surface area contributed by atoms with Crippen LogP contribution in [0.25, 0.3) is 0 Å². The van der Waals surface area contributed by atoms with Crippen molar-refractivity contribution in [3.05, 3.63) is 42.5 Å². The fourth-order valence-corrected chi connectivity index (χ4v) is 4.39. The number of hydrogen-bond donors (Lipinski definition) is 0. The van der Waals surface area contributed by atoms with Crippen LogP contribution in [0.3, 0.4) is 0 Å². The molecule has 1 fully saturated rings. The van der Waals surface area contributed by atoms with E-state index in [-0.39, 0.29) is 7.92 Å². The van der Waals surface area contributed by atoms with Crippen molar-refractivity contribution in [2.75, 3.05) is 6.16 Å². The maximum absolute atomic E-state index is 4.08. The molecule has 1 aromatic carbocycles. The molecule has 68 valence electrons. The molecule has 0 bridgehead atoms. The van der Waals surface area contributed by atoms with Gasteiger partial charge in [0.15, 0.2) is 0 Å². The van der Waals surface area contributed by atoms with E-state index in [4.69, 9.17) is 0 Å². The average Bonchev–Trinajstić information content (AvgIpc) is 2.81. The Kier molecular flexibility index (Phi) is 2.04. The van der Waals surface area contributed by atoms with Crippen molar-refractivity contribution in [2.24, 2.45) is 0 Å². The molecule has 1 aliphatic heterocycles. The van der Waals surface area contributed by atoms with Crippen LogP contribution in [-0.4, -0.2) is 11.3 Å². The van der Waals surface area contributed by atoms with Crippen molar-refractivity contribution in [3.8, 4) is 0 Å². The van der Waals surface area contributed by atoms with Crippen LogP contribution in [-0.2, 0) is 0 Å². The Balaban J connectivity index is 2.21. The maximum Gasteiger partial charge on any atom is 0.0163 e. The van der Waals surface area contributed by atoms with Gasteiger partial charge < -0.3 is 0 Å². The zero-order valence-corrected chi connectivity index (χ0v) is 9.14. The first-order valence-electron chi connectivity index (χ1n) is 4.63. The van der Waals surface area contributed by atoms with Crippen molar-refractivity contribution < 1.29 is 0 Å². The van der Waals surface area contributed by atoms with Gasteiger partial charge in [-0.3, -0.25) is 0 Å². The molecule has 0 aliphatic carbocycles. The van der Waals surface area contributed by atoms with Gasteiger partial charge in [-0.1, -0.05) is 57.3 Å². The molecule has 1 aliphatic rings. The molecule has 2 rings (SSSR count). The van der Waals surface area contributed by atoms with Gasteiger partial charge in [-0.05, 0) is 18.4 Å². The highest BCUT2D eigenvalue weighted by atomic mass is 31.1. The third-order valence-electron chi connectivity index (χ3n) is 2.95. The van der Waals surface area contributed by atoms with Crippen LogP contribution < -0.4 is 5.30 Å². The van der Waals surface area contributed by atoms with E-state index in [0.717, 1.165) is 0 Å². The Morgan fingerprint density at radius 1 is 1.38 bits per heavy atom. The van der Waals surface area contributed by atoms with Gasteiger partial charge in [-0.25, -0.2) is 0 Å². The molecule has 0 amide bonds. The van der Waals surface area contributed by atoms with Crippen LogP contribution in [0.15, 0.2) is 42.5 Å². The summed E-state index contributed by atoms with van der Waals surface area (Å²) in [4.78, 5) is 0. The molecular weight excluding hydrogens is 175 g/mol. The molecule has 0 saturated carbocycles. The molecule has 2 unspecified atom stereocenters. The van der Waals surface area contributed by atoms with E-state index < -0.39 is 0 Å². The molecule has 0 radical (unpaired) electrons. The predicted molar refractivity (Wildman–Crippen MR) is 61.1 cm³/mol. The normalized spacial score (nSPS) is 31.4. The zero-order chi connectivity index (χ0) is 9.47. The predicted octanol–water partition coefficient (Wildman–Crippen LogP) is 3.14. The molecule has 13 heavy (non-hydrogen) atoms. The standard InChI is InChI=1S/C12H15P/c1-10(2)12(3)9-13(12)11-7-5-4-6-8-11/h4-8H,1,9H2,2-3H3. The van der Waals surface area contributed by atoms with Gasteiger partial charge in [0.05, 0.1) is 0 Å². The van der Waals surface area contributed by atoms with Crippen molar-refractivity contribution in [2.45, 2.75) is 19.0 Å². The minimum atomic E-state index is 0.0700. The molecule has 0 aromatic heterocycles. The summed E-state index contributed by atoms with van der Waals surface area (Å²) in [6.45, 7) is 8.58. The van der Waals surface area contributed by atoms with Gasteiger partial charge in [0.25, 0.3) is 0 Å². The van der Waals surface area contributed by atoms with Crippen LogP contribution in [0.2, 0.25) is 0 Å². The average molecular weight is 190 g/mol. The third kappa shape index (κ3) is 1.44. The van der Waals surface area contributed by atoms with Gasteiger partial charge >= 0.3 is 0 Å². The van der Waals surface area contributed by atoms with E-state index in [2.05, 4.69) is 50.8 Å². The first-order valence-corrected chi connectivity index (χ1v) is 6.16. The molecule has 1 heterocycles. The third-order valence-corrected chi connectivity index (χ3v) is 6.17.